The van der Waals surface area contributed by atoms with E-state index in [2.05, 4.69) is 28.3 Å². The molecule has 1 N–H and O–H groups in total. The minimum Gasteiger partial charge on any atom is -0.481 e. The third-order valence-electron chi connectivity index (χ3n) is 9.39. The van der Waals surface area contributed by atoms with E-state index >= 15 is 0 Å². The van der Waals surface area contributed by atoms with Gasteiger partial charge in [0.25, 0.3) is 0 Å². The number of alkyl halides is 3. The number of anilines is 1. The number of halogens is 3. The molecule has 0 aliphatic carbocycles. The third-order valence-corrected chi connectivity index (χ3v) is 9.39. The standard InChI is InChI=1S/C35H34F3N7O2/c1-5-22-15-24-30(31(47-20-35(36,37)38)29(22)28-21(3)7-8-26-25(28)16-39-42-26)40-32(23-9-12-43(4)17-23)41-33(24)44-13-10-34(11-14-44)18-45(19-34)27(46)6-2/h5-9,12,15-17H,1-2,10-11,13-14,18-20H2,3-4H3,(H,39,42). The molecule has 2 aromatic carbocycles. The number of rotatable bonds is 7. The highest BCUT2D eigenvalue weighted by molar-refractivity contribution is 6.07. The molecular weight excluding hydrogens is 607 g/mol. The molecule has 7 rings (SSSR count). The first-order valence-corrected chi connectivity index (χ1v) is 15.4. The van der Waals surface area contributed by atoms with Crippen molar-refractivity contribution in [2.24, 2.45) is 12.5 Å². The second kappa shape index (κ2) is 11.3. The number of fused-ring (bicyclic) bond motifs is 2. The third kappa shape index (κ3) is 5.41. The molecule has 2 saturated heterocycles. The van der Waals surface area contributed by atoms with Crippen molar-refractivity contribution in [3.8, 4) is 28.3 Å². The number of piperidine rings is 1. The van der Waals surface area contributed by atoms with Crippen LogP contribution in [-0.2, 0) is 11.8 Å². The van der Waals surface area contributed by atoms with E-state index in [-0.39, 0.29) is 22.6 Å². The summed E-state index contributed by atoms with van der Waals surface area (Å²) >= 11 is 0. The van der Waals surface area contributed by atoms with Crippen LogP contribution in [0.5, 0.6) is 5.75 Å². The predicted octanol–water partition coefficient (Wildman–Crippen LogP) is 6.69. The van der Waals surface area contributed by atoms with Crippen LogP contribution in [0.4, 0.5) is 19.0 Å². The monoisotopic (exact) mass is 641 g/mol. The number of amides is 1. The fourth-order valence-corrected chi connectivity index (χ4v) is 6.98. The second-order valence-electron chi connectivity index (χ2n) is 12.6. The Balaban J connectivity index is 1.43. The largest absolute Gasteiger partial charge is 0.481 e. The predicted molar refractivity (Wildman–Crippen MR) is 176 cm³/mol. The lowest BCUT2D eigenvalue weighted by Gasteiger charge is -2.54. The quantitative estimate of drug-likeness (QED) is 0.199. The van der Waals surface area contributed by atoms with Gasteiger partial charge in [0.15, 0.2) is 18.2 Å². The molecule has 242 valence electrons. The average Bonchev–Trinajstić information content (AvgIpc) is 3.70. The van der Waals surface area contributed by atoms with Gasteiger partial charge in [0.05, 0.1) is 11.7 Å². The topological polar surface area (TPSA) is 92.2 Å². The van der Waals surface area contributed by atoms with Crippen molar-refractivity contribution in [3.63, 3.8) is 0 Å². The number of hydrogen-bond acceptors (Lipinski definition) is 6. The van der Waals surface area contributed by atoms with Gasteiger partial charge in [0.1, 0.15) is 11.3 Å². The number of carbonyl (C=O) groups is 1. The molecule has 1 spiro atoms. The van der Waals surface area contributed by atoms with Gasteiger partial charge in [-0.25, -0.2) is 9.97 Å². The minimum absolute atomic E-state index is 0.0124. The zero-order valence-electron chi connectivity index (χ0n) is 26.2. The van der Waals surface area contributed by atoms with Crippen molar-refractivity contribution < 1.29 is 22.7 Å². The van der Waals surface area contributed by atoms with Crippen molar-refractivity contribution >= 4 is 39.6 Å². The maximum Gasteiger partial charge on any atom is 0.422 e. The molecule has 0 bridgehead atoms. The maximum absolute atomic E-state index is 13.8. The van der Waals surface area contributed by atoms with Gasteiger partial charge in [0, 0.05) is 72.9 Å². The Morgan fingerprint density at radius 2 is 1.87 bits per heavy atom. The molecule has 0 radical (unpaired) electrons. The van der Waals surface area contributed by atoms with E-state index in [0.717, 1.165) is 34.9 Å². The van der Waals surface area contributed by atoms with E-state index in [4.69, 9.17) is 14.7 Å². The van der Waals surface area contributed by atoms with E-state index in [0.29, 0.717) is 59.9 Å². The fraction of sp³-hybridized carbons (Fsp3) is 0.314. The molecule has 3 aromatic heterocycles. The van der Waals surface area contributed by atoms with E-state index in [1.165, 1.54) is 6.08 Å². The molecule has 2 aliphatic rings. The highest BCUT2D eigenvalue weighted by Gasteiger charge is 2.46. The highest BCUT2D eigenvalue weighted by Crippen LogP contribution is 2.48. The van der Waals surface area contributed by atoms with Crippen LogP contribution in [0.25, 0.3) is 50.4 Å². The number of nitrogens with zero attached hydrogens (tertiary/aromatic N) is 6. The van der Waals surface area contributed by atoms with Gasteiger partial charge >= 0.3 is 6.18 Å². The summed E-state index contributed by atoms with van der Waals surface area (Å²) < 4.78 is 49.2. The molecule has 5 heterocycles. The molecule has 0 unspecified atom stereocenters. The SMILES string of the molecule is C=CC(=O)N1CC2(CCN(c3nc(-c4ccn(C)c4)nc4c(OCC(F)(F)F)c(-c5c(C)ccc6[nH]ncc56)c(C=C)cc34)CC2)C1. The Labute approximate surface area is 269 Å². The molecule has 2 fully saturated rings. The first kappa shape index (κ1) is 30.5. The molecule has 9 nitrogen and oxygen atoms in total. The molecule has 47 heavy (non-hydrogen) atoms. The number of ether oxygens (including phenoxy) is 1. The van der Waals surface area contributed by atoms with Gasteiger partial charge in [-0.2, -0.15) is 18.3 Å². The number of aromatic amines is 1. The molecule has 1 amide bonds. The van der Waals surface area contributed by atoms with E-state index < -0.39 is 12.8 Å². The Hall–Kier alpha value is -5.13. The van der Waals surface area contributed by atoms with Crippen LogP contribution in [0.1, 0.15) is 24.0 Å². The van der Waals surface area contributed by atoms with Crippen molar-refractivity contribution in [1.82, 2.24) is 29.6 Å². The van der Waals surface area contributed by atoms with Gasteiger partial charge in [0.2, 0.25) is 5.91 Å². The van der Waals surface area contributed by atoms with Crippen LogP contribution in [0, 0.1) is 12.3 Å². The van der Waals surface area contributed by atoms with Crippen molar-refractivity contribution in [1.29, 1.82) is 0 Å². The summed E-state index contributed by atoms with van der Waals surface area (Å²) in [6.45, 7) is 10.7. The fourth-order valence-electron chi connectivity index (χ4n) is 6.98. The Morgan fingerprint density at radius 3 is 2.53 bits per heavy atom. The summed E-state index contributed by atoms with van der Waals surface area (Å²) in [5.41, 5.74) is 4.36. The van der Waals surface area contributed by atoms with Gasteiger partial charge in [-0.05, 0) is 60.7 Å². The van der Waals surface area contributed by atoms with E-state index in [1.807, 2.05) is 55.2 Å². The normalized spacial score (nSPS) is 16.1. The Bertz CT molecular complexity index is 2050. The lowest BCUT2D eigenvalue weighted by molar-refractivity contribution is -0.153. The van der Waals surface area contributed by atoms with Crippen LogP contribution in [0.3, 0.4) is 0 Å². The van der Waals surface area contributed by atoms with Crippen molar-refractivity contribution in [3.05, 3.63) is 73.2 Å². The van der Waals surface area contributed by atoms with Gasteiger partial charge in [-0.1, -0.05) is 25.3 Å². The number of aryl methyl sites for hydroxylation is 2. The van der Waals surface area contributed by atoms with Crippen LogP contribution in [-0.4, -0.2) is 74.5 Å². The lowest BCUT2D eigenvalue weighted by Crippen LogP contribution is -2.61. The van der Waals surface area contributed by atoms with Crippen molar-refractivity contribution in [2.45, 2.75) is 25.9 Å². The first-order valence-electron chi connectivity index (χ1n) is 15.4. The molecule has 2 aliphatic heterocycles. The number of aromatic nitrogens is 5. The van der Waals surface area contributed by atoms with Gasteiger partial charge < -0.3 is 19.1 Å². The molecule has 5 aromatic rings. The summed E-state index contributed by atoms with van der Waals surface area (Å²) in [6.07, 6.45) is 5.48. The Morgan fingerprint density at radius 1 is 1.11 bits per heavy atom. The van der Waals surface area contributed by atoms with Gasteiger partial charge in [-0.15, -0.1) is 0 Å². The number of H-pyrrole nitrogens is 1. The maximum atomic E-state index is 13.8. The molecule has 0 atom stereocenters. The van der Waals surface area contributed by atoms with Gasteiger partial charge in [-0.3, -0.25) is 9.89 Å². The summed E-state index contributed by atoms with van der Waals surface area (Å²) in [6, 6.07) is 7.56. The number of hydrogen-bond donors (Lipinski definition) is 1. The average molecular weight is 642 g/mol. The van der Waals surface area contributed by atoms with Crippen LogP contribution >= 0.6 is 0 Å². The van der Waals surface area contributed by atoms with Crippen LogP contribution in [0.15, 0.2) is 62.1 Å². The number of carbonyl (C=O) groups excluding carboxylic acids is 1. The van der Waals surface area contributed by atoms with Crippen LogP contribution < -0.4 is 9.64 Å². The molecule has 12 heteroatoms. The zero-order valence-corrected chi connectivity index (χ0v) is 26.2. The van der Waals surface area contributed by atoms with E-state index in [1.54, 1.807) is 17.2 Å². The Kier molecular flexibility index (Phi) is 7.33. The van der Waals surface area contributed by atoms with Crippen LogP contribution in [0.2, 0.25) is 0 Å². The number of nitrogens with one attached hydrogen (secondary N) is 1. The summed E-state index contributed by atoms with van der Waals surface area (Å²) in [7, 11) is 1.88. The van der Waals surface area contributed by atoms with Crippen molar-refractivity contribution in [2.75, 3.05) is 37.7 Å². The van der Waals surface area contributed by atoms with E-state index in [9.17, 15) is 18.0 Å². The minimum atomic E-state index is -4.59. The second-order valence-corrected chi connectivity index (χ2v) is 12.6. The smallest absolute Gasteiger partial charge is 0.422 e. The molecular formula is C35H34F3N7O2. The summed E-state index contributed by atoms with van der Waals surface area (Å²) in [5.74, 6) is 0.949. The number of likely N-dealkylation sites (tertiary alicyclic amines) is 1. The summed E-state index contributed by atoms with van der Waals surface area (Å²) in [5, 5.41) is 8.48. The number of benzene rings is 2. The lowest BCUT2D eigenvalue weighted by atomic mass is 9.72. The molecule has 0 saturated carbocycles. The highest BCUT2D eigenvalue weighted by atomic mass is 19.4. The zero-order chi connectivity index (χ0) is 33.1. The first-order chi connectivity index (χ1) is 22.5. The summed E-state index contributed by atoms with van der Waals surface area (Å²) in [4.78, 5) is 26.1.